The largest absolute Gasteiger partial charge is 0.375 e. The first-order chi connectivity index (χ1) is 8.61. The Kier molecular flexibility index (Phi) is 2.51. The van der Waals surface area contributed by atoms with Crippen LogP contribution in [-0.2, 0) is 11.3 Å². The fourth-order valence-corrected chi connectivity index (χ4v) is 3.36. The minimum Gasteiger partial charge on any atom is -0.375 e. The van der Waals surface area contributed by atoms with Gasteiger partial charge in [0.2, 0.25) is 0 Å². The van der Waals surface area contributed by atoms with E-state index in [-0.39, 0.29) is 18.5 Å². The van der Waals surface area contributed by atoms with E-state index in [9.17, 15) is 9.59 Å². The molecule has 3 amide bonds. The lowest BCUT2D eigenvalue weighted by Gasteiger charge is -2.19. The number of imide groups is 1. The van der Waals surface area contributed by atoms with Crippen molar-refractivity contribution in [3.05, 3.63) is 11.1 Å². The first-order valence-corrected chi connectivity index (χ1v) is 6.77. The second-order valence-corrected chi connectivity index (χ2v) is 5.92. The van der Waals surface area contributed by atoms with Gasteiger partial charge < -0.3 is 11.1 Å². The van der Waals surface area contributed by atoms with Crippen LogP contribution in [0.15, 0.2) is 6.20 Å². The van der Waals surface area contributed by atoms with E-state index in [1.54, 1.807) is 6.20 Å². The molecule has 18 heavy (non-hydrogen) atoms. The smallest absolute Gasteiger partial charge is 0.325 e. The number of nitrogen functional groups attached to an aromatic ring is 1. The molecule has 2 heterocycles. The Balaban J connectivity index is 1.80. The zero-order valence-electron chi connectivity index (χ0n) is 9.81. The molecule has 3 N–H and O–H groups in total. The molecule has 6 nitrogen and oxygen atoms in total. The summed E-state index contributed by atoms with van der Waals surface area (Å²) < 4.78 is 0. The van der Waals surface area contributed by atoms with Crippen molar-refractivity contribution in [3.63, 3.8) is 0 Å². The number of thiazole rings is 1. The van der Waals surface area contributed by atoms with E-state index in [1.165, 1.54) is 16.2 Å². The molecule has 96 valence electrons. The van der Waals surface area contributed by atoms with Crippen LogP contribution in [0.2, 0.25) is 0 Å². The number of carbonyl (C=O) groups is 2. The predicted molar refractivity (Wildman–Crippen MR) is 66.8 cm³/mol. The topological polar surface area (TPSA) is 88.3 Å². The highest BCUT2D eigenvalue weighted by molar-refractivity contribution is 7.15. The first-order valence-electron chi connectivity index (χ1n) is 5.95. The zero-order chi connectivity index (χ0) is 12.8. The van der Waals surface area contributed by atoms with Crippen LogP contribution >= 0.6 is 11.3 Å². The van der Waals surface area contributed by atoms with Gasteiger partial charge >= 0.3 is 6.03 Å². The van der Waals surface area contributed by atoms with Crippen molar-refractivity contribution >= 4 is 28.4 Å². The van der Waals surface area contributed by atoms with E-state index in [0.717, 1.165) is 30.6 Å². The van der Waals surface area contributed by atoms with Crippen molar-refractivity contribution in [3.8, 4) is 0 Å². The molecule has 0 radical (unpaired) electrons. The molecule has 1 aliphatic heterocycles. The van der Waals surface area contributed by atoms with Crippen LogP contribution in [0, 0.1) is 0 Å². The summed E-state index contributed by atoms with van der Waals surface area (Å²) >= 11 is 1.30. The summed E-state index contributed by atoms with van der Waals surface area (Å²) in [4.78, 5) is 30.3. The maximum atomic E-state index is 12.3. The third kappa shape index (κ3) is 1.66. The lowest BCUT2D eigenvalue weighted by Crippen LogP contribution is -2.44. The highest BCUT2D eigenvalue weighted by atomic mass is 32.1. The third-order valence-corrected chi connectivity index (χ3v) is 4.40. The van der Waals surface area contributed by atoms with Crippen molar-refractivity contribution in [1.82, 2.24) is 15.2 Å². The van der Waals surface area contributed by atoms with Crippen molar-refractivity contribution in [2.24, 2.45) is 0 Å². The summed E-state index contributed by atoms with van der Waals surface area (Å²) in [5.41, 5.74) is 4.91. The monoisotopic (exact) mass is 266 g/mol. The van der Waals surface area contributed by atoms with Crippen LogP contribution < -0.4 is 11.1 Å². The normalized spacial score (nSPS) is 21.9. The molecule has 1 saturated carbocycles. The minimum absolute atomic E-state index is 0.100. The molecule has 1 aromatic rings. The van der Waals surface area contributed by atoms with Gasteiger partial charge in [-0.25, -0.2) is 9.78 Å². The summed E-state index contributed by atoms with van der Waals surface area (Å²) in [7, 11) is 0. The Bertz CT molecular complexity index is 507. The molecular weight excluding hydrogens is 252 g/mol. The summed E-state index contributed by atoms with van der Waals surface area (Å²) in [5.74, 6) is -0.100. The molecule has 2 aliphatic rings. The third-order valence-electron chi connectivity index (χ3n) is 3.59. The Hall–Kier alpha value is -1.63. The zero-order valence-corrected chi connectivity index (χ0v) is 10.6. The molecule has 1 aromatic heterocycles. The molecule has 3 rings (SSSR count). The van der Waals surface area contributed by atoms with E-state index < -0.39 is 5.54 Å². The molecule has 0 unspecified atom stereocenters. The van der Waals surface area contributed by atoms with Gasteiger partial charge in [-0.3, -0.25) is 9.69 Å². The van der Waals surface area contributed by atoms with E-state index in [1.807, 2.05) is 0 Å². The molecule has 1 spiro atoms. The van der Waals surface area contributed by atoms with E-state index in [2.05, 4.69) is 10.3 Å². The first kappa shape index (κ1) is 11.5. The highest BCUT2D eigenvalue weighted by Gasteiger charge is 2.52. The predicted octanol–water partition coefficient (Wildman–Crippen LogP) is 1.09. The Morgan fingerprint density at radius 3 is 2.78 bits per heavy atom. The second-order valence-electron chi connectivity index (χ2n) is 4.78. The van der Waals surface area contributed by atoms with Gasteiger partial charge in [0.05, 0.1) is 6.54 Å². The second kappa shape index (κ2) is 3.94. The van der Waals surface area contributed by atoms with Gasteiger partial charge in [-0.1, -0.05) is 12.8 Å². The number of aromatic nitrogens is 1. The number of hydrogen-bond acceptors (Lipinski definition) is 5. The van der Waals surface area contributed by atoms with Crippen molar-refractivity contribution in [2.75, 3.05) is 5.73 Å². The summed E-state index contributed by atoms with van der Waals surface area (Å²) in [6, 6.07) is -0.297. The van der Waals surface area contributed by atoms with Gasteiger partial charge in [-0.15, -0.1) is 11.3 Å². The van der Waals surface area contributed by atoms with Crippen LogP contribution in [0.5, 0.6) is 0 Å². The van der Waals surface area contributed by atoms with Gasteiger partial charge in [0.15, 0.2) is 5.13 Å². The number of amides is 3. The van der Waals surface area contributed by atoms with Crippen molar-refractivity contribution in [2.45, 2.75) is 37.8 Å². The Labute approximate surface area is 108 Å². The standard InChI is InChI=1S/C11H14N4O2S/c12-9-13-5-7(18-9)6-15-8(16)11(14-10(15)17)3-1-2-4-11/h5H,1-4,6H2,(H2,12,13)(H,14,17). The Morgan fingerprint density at radius 1 is 1.44 bits per heavy atom. The van der Waals surface area contributed by atoms with Gasteiger partial charge in [0, 0.05) is 11.1 Å². The summed E-state index contributed by atoms with van der Waals surface area (Å²) in [6.07, 6.45) is 5.10. The van der Waals surface area contributed by atoms with Crippen LogP contribution in [0.4, 0.5) is 9.93 Å². The average molecular weight is 266 g/mol. The number of hydrogen-bond donors (Lipinski definition) is 2. The van der Waals surface area contributed by atoms with Gasteiger partial charge in [-0.05, 0) is 12.8 Å². The van der Waals surface area contributed by atoms with E-state index >= 15 is 0 Å². The van der Waals surface area contributed by atoms with Gasteiger partial charge in [0.1, 0.15) is 5.54 Å². The van der Waals surface area contributed by atoms with Crippen LogP contribution in [0.25, 0.3) is 0 Å². The molecule has 0 bridgehead atoms. The maximum absolute atomic E-state index is 12.3. The molecule has 7 heteroatoms. The molecule has 1 saturated heterocycles. The quantitative estimate of drug-likeness (QED) is 0.784. The highest BCUT2D eigenvalue weighted by Crippen LogP contribution is 2.35. The van der Waals surface area contributed by atoms with Gasteiger partial charge in [0.25, 0.3) is 5.91 Å². The van der Waals surface area contributed by atoms with Crippen LogP contribution in [0.3, 0.4) is 0 Å². The van der Waals surface area contributed by atoms with Crippen LogP contribution in [0.1, 0.15) is 30.6 Å². The fraction of sp³-hybridized carbons (Fsp3) is 0.545. The minimum atomic E-state index is -0.632. The molecule has 0 atom stereocenters. The number of anilines is 1. The van der Waals surface area contributed by atoms with Crippen LogP contribution in [-0.4, -0.2) is 27.4 Å². The maximum Gasteiger partial charge on any atom is 0.325 e. The number of nitrogens with two attached hydrogens (primary N) is 1. The van der Waals surface area contributed by atoms with Crippen molar-refractivity contribution < 1.29 is 9.59 Å². The van der Waals surface area contributed by atoms with E-state index in [0.29, 0.717) is 5.13 Å². The van der Waals surface area contributed by atoms with Crippen molar-refractivity contribution in [1.29, 1.82) is 0 Å². The SMILES string of the molecule is Nc1ncc(CN2C(=O)NC3(CCCC3)C2=O)s1. The number of nitrogens with zero attached hydrogens (tertiary/aromatic N) is 2. The summed E-state index contributed by atoms with van der Waals surface area (Å²) in [5, 5.41) is 3.30. The fourth-order valence-electron chi connectivity index (χ4n) is 2.69. The summed E-state index contributed by atoms with van der Waals surface area (Å²) in [6.45, 7) is 0.265. The number of rotatable bonds is 2. The van der Waals surface area contributed by atoms with E-state index in [4.69, 9.17) is 5.73 Å². The lowest BCUT2D eigenvalue weighted by atomic mass is 9.98. The number of urea groups is 1. The van der Waals surface area contributed by atoms with Gasteiger partial charge in [-0.2, -0.15) is 0 Å². The lowest BCUT2D eigenvalue weighted by molar-refractivity contribution is -0.131. The molecule has 0 aromatic carbocycles. The Morgan fingerprint density at radius 2 is 2.17 bits per heavy atom. The number of carbonyl (C=O) groups excluding carboxylic acids is 2. The molecular formula is C11H14N4O2S. The average Bonchev–Trinajstić information content (AvgIpc) is 2.99. The molecule has 1 aliphatic carbocycles. The number of nitrogens with one attached hydrogen (secondary N) is 1. The molecule has 2 fully saturated rings.